The third-order valence-electron chi connectivity index (χ3n) is 4.10. The second-order valence-corrected chi connectivity index (χ2v) is 5.76. The Balaban J connectivity index is 1.64. The summed E-state index contributed by atoms with van der Waals surface area (Å²) in [6, 6.07) is 3.24. The number of aryl methyl sites for hydroxylation is 1. The first-order chi connectivity index (χ1) is 11.3. The van der Waals surface area contributed by atoms with Gasteiger partial charge in [-0.05, 0) is 12.5 Å². The monoisotopic (exact) mass is 346 g/mol. The van der Waals surface area contributed by atoms with E-state index in [2.05, 4.69) is 15.5 Å². The van der Waals surface area contributed by atoms with E-state index in [0.29, 0.717) is 11.6 Å². The molecule has 0 saturated carbocycles. The molecule has 0 saturated heterocycles. The Kier molecular flexibility index (Phi) is 4.53. The summed E-state index contributed by atoms with van der Waals surface area (Å²) in [6.45, 7) is 0.0547. The largest absolute Gasteiger partial charge is 0.393 e. The van der Waals surface area contributed by atoms with Gasteiger partial charge in [0.15, 0.2) is 0 Å². The molecule has 3 rings (SSSR count). The highest BCUT2D eigenvalue weighted by atomic mass is 19.4. The van der Waals surface area contributed by atoms with Crippen LogP contribution in [0.15, 0.2) is 18.2 Å². The highest BCUT2D eigenvalue weighted by Crippen LogP contribution is 2.34. The van der Waals surface area contributed by atoms with Crippen LogP contribution in [0.2, 0.25) is 0 Å². The number of hydrogen-bond acceptors (Lipinski definition) is 3. The zero-order valence-corrected chi connectivity index (χ0v) is 12.6. The minimum absolute atomic E-state index is 0.00977. The number of aromatic nitrogens is 3. The Hall–Kier alpha value is -2.03. The van der Waals surface area contributed by atoms with Crippen LogP contribution in [0.5, 0.6) is 0 Å². The van der Waals surface area contributed by atoms with Crippen molar-refractivity contribution in [3.63, 3.8) is 0 Å². The number of nitrogens with one attached hydrogen (secondary N) is 1. The minimum Gasteiger partial charge on any atom is -0.313 e. The standard InChI is InChI=1S/C15H15F5N4/c16-11-3-1-9(12(17)5-11)6-21-7-14-23-22-13-4-2-10(8-24(13)14)15(18,19)20/h1,3,5,10,21H,2,4,6-8H2. The molecule has 0 radical (unpaired) electrons. The van der Waals surface area contributed by atoms with E-state index in [9.17, 15) is 22.0 Å². The highest BCUT2D eigenvalue weighted by Gasteiger charge is 2.42. The second-order valence-electron chi connectivity index (χ2n) is 5.76. The van der Waals surface area contributed by atoms with Crippen LogP contribution in [0, 0.1) is 17.6 Å². The molecule has 4 nitrogen and oxygen atoms in total. The lowest BCUT2D eigenvalue weighted by molar-refractivity contribution is -0.182. The van der Waals surface area contributed by atoms with Gasteiger partial charge in [-0.15, -0.1) is 10.2 Å². The summed E-state index contributed by atoms with van der Waals surface area (Å²) in [6.07, 6.45) is -4.01. The quantitative estimate of drug-likeness (QED) is 0.866. The van der Waals surface area contributed by atoms with Gasteiger partial charge in [0.2, 0.25) is 0 Å². The smallest absolute Gasteiger partial charge is 0.313 e. The third-order valence-corrected chi connectivity index (χ3v) is 4.10. The van der Waals surface area contributed by atoms with Gasteiger partial charge in [-0.3, -0.25) is 0 Å². The normalized spacial score (nSPS) is 17.8. The lowest BCUT2D eigenvalue weighted by Crippen LogP contribution is -2.33. The van der Waals surface area contributed by atoms with Crippen LogP contribution >= 0.6 is 0 Å². The molecular weight excluding hydrogens is 331 g/mol. The first-order valence-corrected chi connectivity index (χ1v) is 7.47. The molecule has 0 bridgehead atoms. The molecular formula is C15H15F5N4. The molecule has 24 heavy (non-hydrogen) atoms. The van der Waals surface area contributed by atoms with E-state index in [1.807, 2.05) is 0 Å². The average molecular weight is 346 g/mol. The first-order valence-electron chi connectivity index (χ1n) is 7.47. The van der Waals surface area contributed by atoms with Crippen molar-refractivity contribution in [2.45, 2.75) is 38.7 Å². The van der Waals surface area contributed by atoms with Gasteiger partial charge in [-0.25, -0.2) is 8.78 Å². The van der Waals surface area contributed by atoms with Crippen molar-refractivity contribution < 1.29 is 22.0 Å². The molecule has 1 aliphatic heterocycles. The summed E-state index contributed by atoms with van der Waals surface area (Å²) in [5.41, 5.74) is 0.267. The van der Waals surface area contributed by atoms with Crippen molar-refractivity contribution in [2.24, 2.45) is 5.92 Å². The zero-order valence-electron chi connectivity index (χ0n) is 12.6. The predicted octanol–water partition coefficient (Wildman–Crippen LogP) is 2.97. The molecule has 1 atom stereocenters. The number of halogens is 5. The summed E-state index contributed by atoms with van der Waals surface area (Å²) in [7, 11) is 0. The van der Waals surface area contributed by atoms with Crippen molar-refractivity contribution in [3.8, 4) is 0 Å². The van der Waals surface area contributed by atoms with Crippen LogP contribution in [-0.2, 0) is 26.1 Å². The summed E-state index contributed by atoms with van der Waals surface area (Å²) in [5.74, 6) is -1.85. The van der Waals surface area contributed by atoms with E-state index in [1.165, 1.54) is 10.6 Å². The van der Waals surface area contributed by atoms with Crippen LogP contribution in [0.3, 0.4) is 0 Å². The number of fused-ring (bicyclic) bond motifs is 1. The van der Waals surface area contributed by atoms with Gasteiger partial charge in [0.25, 0.3) is 0 Å². The molecule has 1 unspecified atom stereocenters. The van der Waals surface area contributed by atoms with Crippen molar-refractivity contribution >= 4 is 0 Å². The number of rotatable bonds is 4. The Bertz CT molecular complexity index is 725. The SMILES string of the molecule is Fc1ccc(CNCc2nnc3n2CC(C(F)(F)F)CC3)c(F)c1. The molecule has 1 N–H and O–H groups in total. The Morgan fingerprint density at radius 2 is 1.96 bits per heavy atom. The molecule has 2 heterocycles. The van der Waals surface area contributed by atoms with Gasteiger partial charge < -0.3 is 9.88 Å². The minimum atomic E-state index is -4.25. The van der Waals surface area contributed by atoms with Gasteiger partial charge in [0.05, 0.1) is 12.5 Å². The van der Waals surface area contributed by atoms with E-state index in [4.69, 9.17) is 0 Å². The summed E-state index contributed by atoms with van der Waals surface area (Å²) in [4.78, 5) is 0. The predicted molar refractivity (Wildman–Crippen MR) is 74.8 cm³/mol. The third kappa shape index (κ3) is 3.55. The van der Waals surface area contributed by atoms with Crippen LogP contribution < -0.4 is 5.32 Å². The lowest BCUT2D eigenvalue weighted by atomic mass is 9.99. The Morgan fingerprint density at radius 1 is 1.17 bits per heavy atom. The van der Waals surface area contributed by atoms with E-state index in [1.54, 1.807) is 0 Å². The molecule has 1 aromatic heterocycles. The van der Waals surface area contributed by atoms with E-state index in [-0.39, 0.29) is 38.0 Å². The molecule has 9 heteroatoms. The maximum Gasteiger partial charge on any atom is 0.393 e. The van der Waals surface area contributed by atoms with Crippen LogP contribution in [-0.4, -0.2) is 20.9 Å². The zero-order chi connectivity index (χ0) is 17.3. The van der Waals surface area contributed by atoms with Gasteiger partial charge >= 0.3 is 6.18 Å². The molecule has 0 aliphatic carbocycles. The molecule has 0 spiro atoms. The molecule has 1 aliphatic rings. The number of alkyl halides is 3. The fourth-order valence-electron chi connectivity index (χ4n) is 2.76. The van der Waals surface area contributed by atoms with E-state index >= 15 is 0 Å². The van der Waals surface area contributed by atoms with Gasteiger partial charge in [-0.2, -0.15) is 13.2 Å². The Morgan fingerprint density at radius 3 is 2.67 bits per heavy atom. The van der Waals surface area contributed by atoms with Crippen LogP contribution in [0.4, 0.5) is 22.0 Å². The molecule has 1 aromatic carbocycles. The maximum atomic E-state index is 13.5. The van der Waals surface area contributed by atoms with Crippen LogP contribution in [0.1, 0.15) is 23.6 Å². The molecule has 2 aromatic rings. The van der Waals surface area contributed by atoms with E-state index in [0.717, 1.165) is 12.1 Å². The van der Waals surface area contributed by atoms with E-state index < -0.39 is 23.7 Å². The summed E-state index contributed by atoms with van der Waals surface area (Å²) in [5, 5.41) is 10.7. The second kappa shape index (κ2) is 6.46. The summed E-state index contributed by atoms with van der Waals surface area (Å²) < 4.78 is 66.5. The average Bonchev–Trinajstić information content (AvgIpc) is 2.91. The van der Waals surface area contributed by atoms with Crippen molar-refractivity contribution in [2.75, 3.05) is 0 Å². The number of benzene rings is 1. The maximum absolute atomic E-state index is 13.5. The number of hydrogen-bond donors (Lipinski definition) is 1. The van der Waals surface area contributed by atoms with Gasteiger partial charge in [0.1, 0.15) is 23.3 Å². The van der Waals surface area contributed by atoms with Crippen LogP contribution in [0.25, 0.3) is 0 Å². The van der Waals surface area contributed by atoms with Gasteiger partial charge in [-0.1, -0.05) is 6.07 Å². The first kappa shape index (κ1) is 16.8. The fourth-order valence-corrected chi connectivity index (χ4v) is 2.76. The van der Waals surface area contributed by atoms with Crippen molar-refractivity contribution in [3.05, 3.63) is 47.0 Å². The fraction of sp³-hybridized carbons (Fsp3) is 0.467. The van der Waals surface area contributed by atoms with Crippen molar-refractivity contribution in [1.29, 1.82) is 0 Å². The topological polar surface area (TPSA) is 42.7 Å². The summed E-state index contributed by atoms with van der Waals surface area (Å²) >= 11 is 0. The molecule has 0 amide bonds. The molecule has 130 valence electrons. The van der Waals surface area contributed by atoms with Gasteiger partial charge in [0, 0.05) is 31.1 Å². The highest BCUT2D eigenvalue weighted by molar-refractivity contribution is 5.18. The lowest BCUT2D eigenvalue weighted by Gasteiger charge is -2.26. The molecule has 0 fully saturated rings. The number of nitrogens with zero attached hydrogens (tertiary/aromatic N) is 3. The Labute approximate surface area is 134 Å². The van der Waals surface area contributed by atoms with Crippen molar-refractivity contribution in [1.82, 2.24) is 20.1 Å².